The van der Waals surface area contributed by atoms with Gasteiger partial charge in [-0.1, -0.05) is 12.1 Å². The SMILES string of the molecule is CCOC(=O)c1ccccc1NC(=O)C=CC(=O)O. The fourth-order valence-electron chi connectivity index (χ4n) is 1.30. The molecule has 0 radical (unpaired) electrons. The van der Waals surface area contributed by atoms with Crippen LogP contribution in [0.3, 0.4) is 0 Å². The van der Waals surface area contributed by atoms with Crippen LogP contribution in [0, 0.1) is 0 Å². The van der Waals surface area contributed by atoms with Crippen LogP contribution in [0.5, 0.6) is 0 Å². The highest BCUT2D eigenvalue weighted by atomic mass is 16.5. The molecule has 0 unspecified atom stereocenters. The summed E-state index contributed by atoms with van der Waals surface area (Å²) in [5, 5.41) is 10.8. The predicted octanol–water partition coefficient (Wildman–Crippen LogP) is 1.44. The van der Waals surface area contributed by atoms with Crippen molar-refractivity contribution in [2.24, 2.45) is 0 Å². The van der Waals surface area contributed by atoms with Crippen LogP contribution in [0.25, 0.3) is 0 Å². The Labute approximate surface area is 109 Å². The van der Waals surface area contributed by atoms with Gasteiger partial charge in [-0.25, -0.2) is 9.59 Å². The van der Waals surface area contributed by atoms with Crippen molar-refractivity contribution >= 4 is 23.5 Å². The van der Waals surface area contributed by atoms with E-state index in [0.717, 1.165) is 6.08 Å². The number of carboxylic acid groups (broad SMARTS) is 1. The topological polar surface area (TPSA) is 92.7 Å². The van der Waals surface area contributed by atoms with Crippen molar-refractivity contribution in [1.82, 2.24) is 0 Å². The van der Waals surface area contributed by atoms with E-state index >= 15 is 0 Å². The number of hydrogen-bond donors (Lipinski definition) is 2. The third-order valence-electron chi connectivity index (χ3n) is 2.06. The quantitative estimate of drug-likeness (QED) is 0.619. The minimum atomic E-state index is -1.23. The van der Waals surface area contributed by atoms with E-state index in [0.29, 0.717) is 6.08 Å². The van der Waals surface area contributed by atoms with Gasteiger partial charge in [0.05, 0.1) is 17.9 Å². The van der Waals surface area contributed by atoms with Crippen molar-refractivity contribution in [3.05, 3.63) is 42.0 Å². The number of amides is 1. The molecule has 100 valence electrons. The smallest absolute Gasteiger partial charge is 0.340 e. The first-order valence-corrected chi connectivity index (χ1v) is 5.52. The zero-order valence-corrected chi connectivity index (χ0v) is 10.3. The number of hydrogen-bond acceptors (Lipinski definition) is 4. The first-order valence-electron chi connectivity index (χ1n) is 5.52. The lowest BCUT2D eigenvalue weighted by atomic mass is 10.2. The first-order chi connectivity index (χ1) is 9.04. The van der Waals surface area contributed by atoms with E-state index < -0.39 is 17.8 Å². The van der Waals surface area contributed by atoms with E-state index in [9.17, 15) is 14.4 Å². The number of ether oxygens (including phenoxy) is 1. The molecular weight excluding hydrogens is 250 g/mol. The van der Waals surface area contributed by atoms with Gasteiger partial charge in [-0.05, 0) is 19.1 Å². The molecule has 0 aliphatic carbocycles. The highest BCUT2D eigenvalue weighted by Gasteiger charge is 2.12. The molecular formula is C13H13NO5. The van der Waals surface area contributed by atoms with Gasteiger partial charge in [-0.3, -0.25) is 4.79 Å². The Bertz CT molecular complexity index is 522. The highest BCUT2D eigenvalue weighted by molar-refractivity contribution is 6.06. The number of rotatable bonds is 5. The minimum absolute atomic E-state index is 0.210. The summed E-state index contributed by atoms with van der Waals surface area (Å²) in [6, 6.07) is 6.31. The van der Waals surface area contributed by atoms with Crippen LogP contribution in [0.15, 0.2) is 36.4 Å². The van der Waals surface area contributed by atoms with Crippen molar-refractivity contribution in [2.45, 2.75) is 6.92 Å². The number of aliphatic carboxylic acids is 1. The van der Waals surface area contributed by atoms with Gasteiger partial charge in [-0.2, -0.15) is 0 Å². The molecule has 0 aliphatic rings. The molecule has 1 rings (SSSR count). The Morgan fingerprint density at radius 2 is 1.95 bits per heavy atom. The van der Waals surface area contributed by atoms with Gasteiger partial charge in [0.25, 0.3) is 0 Å². The Kier molecular flexibility index (Phi) is 5.28. The molecule has 0 saturated heterocycles. The van der Waals surface area contributed by atoms with Crippen molar-refractivity contribution < 1.29 is 24.2 Å². The monoisotopic (exact) mass is 263 g/mol. The minimum Gasteiger partial charge on any atom is -0.478 e. The van der Waals surface area contributed by atoms with E-state index in [1.807, 2.05) is 0 Å². The van der Waals surface area contributed by atoms with Crippen LogP contribution in [-0.4, -0.2) is 29.6 Å². The lowest BCUT2D eigenvalue weighted by Crippen LogP contribution is -2.14. The number of carboxylic acids is 1. The Balaban J connectivity index is 2.86. The maximum absolute atomic E-state index is 11.6. The van der Waals surface area contributed by atoms with Gasteiger partial charge in [0.2, 0.25) is 5.91 Å². The van der Waals surface area contributed by atoms with E-state index in [1.54, 1.807) is 19.1 Å². The molecule has 2 N–H and O–H groups in total. The maximum atomic E-state index is 11.6. The second-order valence-corrected chi connectivity index (χ2v) is 3.43. The summed E-state index contributed by atoms with van der Waals surface area (Å²) >= 11 is 0. The summed E-state index contributed by atoms with van der Waals surface area (Å²) in [5.41, 5.74) is 0.474. The molecule has 0 atom stereocenters. The molecule has 19 heavy (non-hydrogen) atoms. The summed E-state index contributed by atoms with van der Waals surface area (Å²) in [4.78, 5) is 33.3. The standard InChI is InChI=1S/C13H13NO5/c1-2-19-13(18)9-5-3-4-6-10(9)14-11(15)7-8-12(16)17/h3-8H,2H2,1H3,(H,14,15)(H,16,17). The van der Waals surface area contributed by atoms with Gasteiger partial charge in [0.1, 0.15) is 0 Å². The van der Waals surface area contributed by atoms with Crippen molar-refractivity contribution in [1.29, 1.82) is 0 Å². The Hall–Kier alpha value is -2.63. The molecule has 1 aromatic carbocycles. The summed E-state index contributed by atoms with van der Waals surface area (Å²) in [6.07, 6.45) is 1.58. The summed E-state index contributed by atoms with van der Waals surface area (Å²) in [7, 11) is 0. The van der Waals surface area contributed by atoms with E-state index in [2.05, 4.69) is 5.32 Å². The lowest BCUT2D eigenvalue weighted by Gasteiger charge is -2.08. The molecule has 0 heterocycles. The highest BCUT2D eigenvalue weighted by Crippen LogP contribution is 2.16. The van der Waals surface area contributed by atoms with Crippen LogP contribution in [0.4, 0.5) is 5.69 Å². The number of carbonyl (C=O) groups excluding carboxylic acids is 2. The zero-order valence-electron chi connectivity index (χ0n) is 10.3. The third-order valence-corrected chi connectivity index (χ3v) is 2.06. The Morgan fingerprint density at radius 3 is 2.58 bits per heavy atom. The molecule has 1 aromatic rings. The first kappa shape index (κ1) is 14.4. The average molecular weight is 263 g/mol. The van der Waals surface area contributed by atoms with Crippen LogP contribution >= 0.6 is 0 Å². The fraction of sp³-hybridized carbons (Fsp3) is 0.154. The van der Waals surface area contributed by atoms with Crippen LogP contribution in [0.1, 0.15) is 17.3 Å². The molecule has 1 amide bonds. The second-order valence-electron chi connectivity index (χ2n) is 3.43. The van der Waals surface area contributed by atoms with Crippen molar-refractivity contribution in [3.8, 4) is 0 Å². The molecule has 6 nitrogen and oxygen atoms in total. The number of para-hydroxylation sites is 1. The average Bonchev–Trinajstić information content (AvgIpc) is 2.37. The van der Waals surface area contributed by atoms with Crippen LogP contribution < -0.4 is 5.32 Å². The molecule has 6 heteroatoms. The molecule has 0 bridgehead atoms. The van der Waals surface area contributed by atoms with Crippen LogP contribution in [-0.2, 0) is 14.3 Å². The van der Waals surface area contributed by atoms with Crippen molar-refractivity contribution in [2.75, 3.05) is 11.9 Å². The third kappa shape index (κ3) is 4.63. The van der Waals surface area contributed by atoms with Gasteiger partial charge >= 0.3 is 11.9 Å². The summed E-state index contributed by atoms with van der Waals surface area (Å²) < 4.78 is 4.85. The molecule has 0 aromatic heterocycles. The number of nitrogens with one attached hydrogen (secondary N) is 1. The van der Waals surface area contributed by atoms with E-state index in [1.165, 1.54) is 12.1 Å². The lowest BCUT2D eigenvalue weighted by molar-refractivity contribution is -0.131. The number of carbonyl (C=O) groups is 3. The van der Waals surface area contributed by atoms with E-state index in [4.69, 9.17) is 9.84 Å². The van der Waals surface area contributed by atoms with Gasteiger partial charge in [0, 0.05) is 12.2 Å². The maximum Gasteiger partial charge on any atom is 0.340 e. The van der Waals surface area contributed by atoms with Crippen molar-refractivity contribution in [3.63, 3.8) is 0 Å². The van der Waals surface area contributed by atoms with Gasteiger partial charge in [0.15, 0.2) is 0 Å². The number of anilines is 1. The van der Waals surface area contributed by atoms with Gasteiger partial charge < -0.3 is 15.2 Å². The summed E-state index contributed by atoms with van der Waals surface area (Å²) in [6.45, 7) is 1.90. The molecule has 0 saturated carbocycles. The Morgan fingerprint density at radius 1 is 1.26 bits per heavy atom. The largest absolute Gasteiger partial charge is 0.478 e. The number of benzene rings is 1. The zero-order chi connectivity index (χ0) is 14.3. The normalized spacial score (nSPS) is 10.2. The molecule has 0 spiro atoms. The molecule has 0 aliphatic heterocycles. The number of esters is 1. The van der Waals surface area contributed by atoms with Gasteiger partial charge in [-0.15, -0.1) is 0 Å². The second kappa shape index (κ2) is 6.95. The van der Waals surface area contributed by atoms with Crippen LogP contribution in [0.2, 0.25) is 0 Å². The molecule has 0 fully saturated rings. The summed E-state index contributed by atoms with van der Waals surface area (Å²) in [5.74, 6) is -2.42. The fourth-order valence-corrected chi connectivity index (χ4v) is 1.30. The van der Waals surface area contributed by atoms with E-state index in [-0.39, 0.29) is 17.9 Å². The predicted molar refractivity (Wildman–Crippen MR) is 67.8 cm³/mol.